The largest absolute Gasteiger partial charge is 0.478 e. The Labute approximate surface area is 161 Å². The van der Waals surface area contributed by atoms with Crippen molar-refractivity contribution in [3.63, 3.8) is 0 Å². The maximum Gasteiger partial charge on any atom is 0.387 e. The molecule has 0 spiro atoms. The molecule has 146 valence electrons. The summed E-state index contributed by atoms with van der Waals surface area (Å²) in [6.07, 6.45) is 1.66. The molecule has 0 bridgehead atoms. The van der Waals surface area contributed by atoms with Crippen LogP contribution < -0.4 is 20.1 Å². The summed E-state index contributed by atoms with van der Waals surface area (Å²) in [4.78, 5) is 8.23. The predicted octanol–water partition coefficient (Wildman–Crippen LogP) is 3.60. The number of halogens is 3. The van der Waals surface area contributed by atoms with Gasteiger partial charge in [0.25, 0.3) is 0 Å². The maximum absolute atomic E-state index is 12.5. The first-order valence-electron chi connectivity index (χ1n) is 8.27. The van der Waals surface area contributed by atoms with E-state index >= 15 is 0 Å². The van der Waals surface area contributed by atoms with E-state index in [1.54, 1.807) is 19.3 Å². The molecule has 0 amide bonds. The van der Waals surface area contributed by atoms with Gasteiger partial charge in [0.2, 0.25) is 5.88 Å². The summed E-state index contributed by atoms with van der Waals surface area (Å²) in [5.41, 5.74) is 1.45. The standard InChI is InChI=1S/C18H21ClF2N4O2/c1-3-26-16-8-12(6-7-23-16)10-24-18(22-2)25-11-13-9-14(19)4-5-15(13)27-17(20)21/h4-9,17H,3,10-11H2,1-2H3,(H2,22,24,25). The van der Waals surface area contributed by atoms with Crippen LogP contribution in [-0.4, -0.2) is 31.2 Å². The highest BCUT2D eigenvalue weighted by molar-refractivity contribution is 6.30. The highest BCUT2D eigenvalue weighted by Gasteiger charge is 2.11. The third-order valence-corrected chi connectivity index (χ3v) is 3.70. The van der Waals surface area contributed by atoms with E-state index in [4.69, 9.17) is 16.3 Å². The second-order valence-electron chi connectivity index (χ2n) is 5.35. The zero-order valence-corrected chi connectivity index (χ0v) is 15.8. The first-order chi connectivity index (χ1) is 13.0. The van der Waals surface area contributed by atoms with Crippen LogP contribution in [0.15, 0.2) is 41.5 Å². The average Bonchev–Trinajstić information content (AvgIpc) is 2.64. The Morgan fingerprint density at radius 1 is 1.22 bits per heavy atom. The van der Waals surface area contributed by atoms with Crippen LogP contribution >= 0.6 is 11.6 Å². The van der Waals surface area contributed by atoms with E-state index in [1.807, 2.05) is 19.1 Å². The van der Waals surface area contributed by atoms with Gasteiger partial charge in [-0.3, -0.25) is 4.99 Å². The number of rotatable bonds is 8. The minimum Gasteiger partial charge on any atom is -0.478 e. The van der Waals surface area contributed by atoms with Crippen molar-refractivity contribution in [1.29, 1.82) is 0 Å². The Balaban J connectivity index is 1.96. The maximum atomic E-state index is 12.5. The molecule has 6 nitrogen and oxygen atoms in total. The molecule has 9 heteroatoms. The van der Waals surface area contributed by atoms with E-state index in [0.29, 0.717) is 35.6 Å². The van der Waals surface area contributed by atoms with Crippen molar-refractivity contribution in [2.75, 3.05) is 13.7 Å². The Bertz CT molecular complexity index is 775. The SMILES string of the molecule is CCOc1cc(CNC(=NC)NCc2cc(Cl)ccc2OC(F)F)ccn1. The van der Waals surface area contributed by atoms with E-state index in [9.17, 15) is 8.78 Å². The van der Waals surface area contributed by atoms with Gasteiger partial charge in [0.15, 0.2) is 5.96 Å². The molecule has 0 atom stereocenters. The van der Waals surface area contributed by atoms with Gasteiger partial charge < -0.3 is 20.1 Å². The van der Waals surface area contributed by atoms with Crippen molar-refractivity contribution in [3.05, 3.63) is 52.7 Å². The fourth-order valence-electron chi connectivity index (χ4n) is 2.27. The minimum atomic E-state index is -2.91. The van der Waals surface area contributed by atoms with Crippen LogP contribution in [0.25, 0.3) is 0 Å². The highest BCUT2D eigenvalue weighted by atomic mass is 35.5. The lowest BCUT2D eigenvalue weighted by atomic mass is 10.2. The molecule has 1 heterocycles. The average molecular weight is 399 g/mol. The molecule has 1 aromatic carbocycles. The summed E-state index contributed by atoms with van der Waals surface area (Å²) in [6.45, 7) is 0.213. The molecule has 0 aliphatic rings. The zero-order valence-electron chi connectivity index (χ0n) is 15.0. The number of alkyl halides is 2. The van der Waals surface area contributed by atoms with Crippen LogP contribution in [0.4, 0.5) is 8.78 Å². The van der Waals surface area contributed by atoms with Crippen molar-refractivity contribution in [3.8, 4) is 11.6 Å². The molecule has 0 saturated heterocycles. The number of ether oxygens (including phenoxy) is 2. The van der Waals surface area contributed by atoms with Gasteiger partial charge >= 0.3 is 6.61 Å². The van der Waals surface area contributed by atoms with E-state index in [0.717, 1.165) is 5.56 Å². The van der Waals surface area contributed by atoms with Crippen LogP contribution in [0, 0.1) is 0 Å². The molecular weight excluding hydrogens is 378 g/mol. The number of guanidine groups is 1. The molecule has 0 saturated carbocycles. The molecule has 2 aromatic rings. The topological polar surface area (TPSA) is 67.8 Å². The normalized spacial score (nSPS) is 11.4. The third kappa shape index (κ3) is 6.90. The number of nitrogens with zero attached hydrogens (tertiary/aromatic N) is 2. The van der Waals surface area contributed by atoms with Gasteiger partial charge in [-0.1, -0.05) is 11.6 Å². The van der Waals surface area contributed by atoms with Crippen molar-refractivity contribution in [2.45, 2.75) is 26.6 Å². The number of aliphatic imine (C=N–C) groups is 1. The summed E-state index contributed by atoms with van der Waals surface area (Å²) in [6, 6.07) is 8.16. The number of nitrogens with one attached hydrogen (secondary N) is 2. The highest BCUT2D eigenvalue weighted by Crippen LogP contribution is 2.24. The van der Waals surface area contributed by atoms with Gasteiger partial charge in [-0.2, -0.15) is 8.78 Å². The molecule has 0 aliphatic carbocycles. The molecule has 1 aromatic heterocycles. The molecular formula is C18H21ClF2N4O2. The van der Waals surface area contributed by atoms with Gasteiger partial charge in [-0.25, -0.2) is 4.98 Å². The summed E-state index contributed by atoms with van der Waals surface area (Å²) in [5.74, 6) is 1.10. The van der Waals surface area contributed by atoms with Crippen LogP contribution in [0.5, 0.6) is 11.6 Å². The summed E-state index contributed by atoms with van der Waals surface area (Å²) in [7, 11) is 1.61. The van der Waals surface area contributed by atoms with Crippen LogP contribution in [0.2, 0.25) is 5.02 Å². The number of hydrogen-bond donors (Lipinski definition) is 2. The number of pyridine rings is 1. The molecule has 2 N–H and O–H groups in total. The second-order valence-corrected chi connectivity index (χ2v) is 5.78. The molecule has 0 unspecified atom stereocenters. The van der Waals surface area contributed by atoms with Crippen LogP contribution in [-0.2, 0) is 13.1 Å². The van der Waals surface area contributed by atoms with E-state index < -0.39 is 6.61 Å². The lowest BCUT2D eigenvalue weighted by molar-refractivity contribution is -0.0504. The Hall–Kier alpha value is -2.61. The summed E-state index contributed by atoms with van der Waals surface area (Å²) in [5, 5.41) is 6.61. The van der Waals surface area contributed by atoms with Gasteiger partial charge in [0.1, 0.15) is 5.75 Å². The first kappa shape index (κ1) is 20.7. The predicted molar refractivity (Wildman–Crippen MR) is 101 cm³/mol. The fourth-order valence-corrected chi connectivity index (χ4v) is 2.46. The smallest absolute Gasteiger partial charge is 0.387 e. The van der Waals surface area contributed by atoms with Crippen molar-refractivity contribution < 1.29 is 18.3 Å². The van der Waals surface area contributed by atoms with Crippen LogP contribution in [0.3, 0.4) is 0 Å². The zero-order chi connectivity index (χ0) is 19.6. The van der Waals surface area contributed by atoms with E-state index in [-0.39, 0.29) is 12.3 Å². The Kier molecular flexibility index (Phi) is 8.06. The quantitative estimate of drug-likeness (QED) is 0.525. The first-order valence-corrected chi connectivity index (χ1v) is 8.65. The molecule has 0 radical (unpaired) electrons. The Morgan fingerprint density at radius 2 is 2.00 bits per heavy atom. The van der Waals surface area contributed by atoms with Gasteiger partial charge in [0, 0.05) is 43.0 Å². The van der Waals surface area contributed by atoms with Crippen molar-refractivity contribution in [1.82, 2.24) is 15.6 Å². The number of aromatic nitrogens is 1. The molecule has 2 rings (SSSR count). The Morgan fingerprint density at radius 3 is 2.70 bits per heavy atom. The lowest BCUT2D eigenvalue weighted by Crippen LogP contribution is -2.36. The minimum absolute atomic E-state index is 0.0628. The van der Waals surface area contributed by atoms with Crippen molar-refractivity contribution in [2.24, 2.45) is 4.99 Å². The van der Waals surface area contributed by atoms with Gasteiger partial charge in [-0.05, 0) is 36.8 Å². The van der Waals surface area contributed by atoms with Crippen molar-refractivity contribution >= 4 is 17.6 Å². The van der Waals surface area contributed by atoms with Crippen LogP contribution in [0.1, 0.15) is 18.1 Å². The number of benzene rings is 1. The fraction of sp³-hybridized carbons (Fsp3) is 0.333. The molecule has 0 fully saturated rings. The monoisotopic (exact) mass is 398 g/mol. The van der Waals surface area contributed by atoms with Gasteiger partial charge in [-0.15, -0.1) is 0 Å². The number of hydrogen-bond acceptors (Lipinski definition) is 4. The van der Waals surface area contributed by atoms with Gasteiger partial charge in [0.05, 0.1) is 6.61 Å². The molecule has 27 heavy (non-hydrogen) atoms. The summed E-state index contributed by atoms with van der Waals surface area (Å²) < 4.78 is 35.0. The molecule has 0 aliphatic heterocycles. The van der Waals surface area contributed by atoms with E-state index in [1.165, 1.54) is 12.1 Å². The third-order valence-electron chi connectivity index (χ3n) is 3.46. The second kappa shape index (κ2) is 10.5. The van der Waals surface area contributed by atoms with E-state index in [2.05, 4.69) is 25.3 Å². The lowest BCUT2D eigenvalue weighted by Gasteiger charge is -2.15. The summed E-state index contributed by atoms with van der Waals surface area (Å²) >= 11 is 5.95.